The van der Waals surface area contributed by atoms with Crippen LogP contribution in [0.2, 0.25) is 0 Å². The van der Waals surface area contributed by atoms with Crippen molar-refractivity contribution in [2.45, 2.75) is 26.2 Å². The maximum Gasteiger partial charge on any atom is 0.233 e. The van der Waals surface area contributed by atoms with Crippen molar-refractivity contribution in [3.63, 3.8) is 0 Å². The van der Waals surface area contributed by atoms with Gasteiger partial charge in [-0.15, -0.1) is 0 Å². The minimum atomic E-state index is 0.144. The molecule has 0 atom stereocenters. The number of thioether (sulfide) groups is 1. The Morgan fingerprint density at radius 1 is 1.47 bits per heavy atom. The van der Waals surface area contributed by atoms with Crippen LogP contribution in [0.1, 0.15) is 26.2 Å². The van der Waals surface area contributed by atoms with Crippen molar-refractivity contribution in [2.24, 2.45) is 5.92 Å². The highest BCUT2D eigenvalue weighted by molar-refractivity contribution is 7.99. The lowest BCUT2D eigenvalue weighted by atomic mass is 10.4. The van der Waals surface area contributed by atoms with Crippen molar-refractivity contribution in [2.75, 3.05) is 31.1 Å². The second-order valence-corrected chi connectivity index (χ2v) is 5.37. The van der Waals surface area contributed by atoms with Gasteiger partial charge in [0.05, 0.1) is 6.54 Å². The predicted molar refractivity (Wildman–Crippen MR) is 66.2 cm³/mol. The first kappa shape index (κ1) is 12.8. The highest BCUT2D eigenvalue weighted by Gasteiger charge is 2.21. The first-order chi connectivity index (χ1) is 7.33. The first-order valence-electron chi connectivity index (χ1n) is 5.88. The Morgan fingerprint density at radius 3 is 2.93 bits per heavy atom. The quantitative estimate of drug-likeness (QED) is 0.586. The van der Waals surface area contributed by atoms with Gasteiger partial charge in [0.1, 0.15) is 0 Å². The third-order valence-electron chi connectivity index (χ3n) is 2.42. The van der Waals surface area contributed by atoms with Crippen LogP contribution >= 0.6 is 11.8 Å². The molecule has 1 saturated carbocycles. The lowest BCUT2D eigenvalue weighted by molar-refractivity contribution is -0.120. The summed E-state index contributed by atoms with van der Waals surface area (Å²) in [5.41, 5.74) is 0. The van der Waals surface area contributed by atoms with Crippen LogP contribution in [0.25, 0.3) is 0 Å². The van der Waals surface area contributed by atoms with E-state index in [2.05, 4.69) is 17.6 Å². The molecule has 0 spiro atoms. The van der Waals surface area contributed by atoms with E-state index in [4.69, 9.17) is 0 Å². The van der Waals surface area contributed by atoms with E-state index in [9.17, 15) is 4.79 Å². The summed E-state index contributed by atoms with van der Waals surface area (Å²) in [5.74, 6) is 3.29. The van der Waals surface area contributed by atoms with E-state index >= 15 is 0 Å². The lowest BCUT2D eigenvalue weighted by Crippen LogP contribution is -2.35. The van der Waals surface area contributed by atoms with Gasteiger partial charge in [0, 0.05) is 6.54 Å². The Balaban J connectivity index is 1.79. The number of rotatable bonds is 9. The SMILES string of the molecule is CCSCCCNCC(=O)NCC1CC1. The molecule has 0 saturated heterocycles. The van der Waals surface area contributed by atoms with Crippen LogP contribution < -0.4 is 10.6 Å². The molecule has 15 heavy (non-hydrogen) atoms. The summed E-state index contributed by atoms with van der Waals surface area (Å²) in [7, 11) is 0. The molecule has 0 aromatic heterocycles. The summed E-state index contributed by atoms with van der Waals surface area (Å²) in [4.78, 5) is 11.3. The smallest absolute Gasteiger partial charge is 0.233 e. The molecule has 0 aliphatic heterocycles. The summed E-state index contributed by atoms with van der Waals surface area (Å²) >= 11 is 1.95. The Bertz CT molecular complexity index is 183. The average Bonchev–Trinajstić information content (AvgIpc) is 3.04. The molecule has 1 amide bonds. The van der Waals surface area contributed by atoms with Gasteiger partial charge < -0.3 is 10.6 Å². The van der Waals surface area contributed by atoms with Gasteiger partial charge in [-0.25, -0.2) is 0 Å². The molecule has 0 bridgehead atoms. The van der Waals surface area contributed by atoms with Crippen molar-refractivity contribution in [3.05, 3.63) is 0 Å². The second kappa shape index (κ2) is 7.99. The molecule has 1 aliphatic rings. The minimum absolute atomic E-state index is 0.144. The van der Waals surface area contributed by atoms with Crippen LogP contribution in [-0.4, -0.2) is 37.0 Å². The van der Waals surface area contributed by atoms with Gasteiger partial charge in [-0.3, -0.25) is 4.79 Å². The van der Waals surface area contributed by atoms with E-state index in [1.807, 2.05) is 11.8 Å². The maximum atomic E-state index is 11.3. The largest absolute Gasteiger partial charge is 0.355 e. The molecule has 88 valence electrons. The summed E-state index contributed by atoms with van der Waals surface area (Å²) in [6, 6.07) is 0. The average molecular weight is 230 g/mol. The lowest BCUT2D eigenvalue weighted by Gasteiger charge is -2.05. The van der Waals surface area contributed by atoms with E-state index < -0.39 is 0 Å². The Hall–Kier alpha value is -0.220. The Kier molecular flexibility index (Phi) is 6.85. The van der Waals surface area contributed by atoms with E-state index in [1.54, 1.807) is 0 Å². The molecular weight excluding hydrogens is 208 g/mol. The summed E-state index contributed by atoms with van der Waals surface area (Å²) in [6.45, 7) is 4.48. The number of amides is 1. The van der Waals surface area contributed by atoms with Crippen LogP contribution in [0.15, 0.2) is 0 Å². The van der Waals surface area contributed by atoms with E-state index in [-0.39, 0.29) is 5.91 Å². The fourth-order valence-electron chi connectivity index (χ4n) is 1.29. The summed E-state index contributed by atoms with van der Waals surface area (Å²) in [6.07, 6.45) is 3.73. The molecule has 0 aromatic carbocycles. The fourth-order valence-corrected chi connectivity index (χ4v) is 1.93. The molecule has 2 N–H and O–H groups in total. The predicted octanol–water partition coefficient (Wildman–Crippen LogP) is 1.25. The minimum Gasteiger partial charge on any atom is -0.355 e. The van der Waals surface area contributed by atoms with Gasteiger partial charge in [-0.1, -0.05) is 6.92 Å². The summed E-state index contributed by atoms with van der Waals surface area (Å²) < 4.78 is 0. The Labute approximate surface area is 96.8 Å². The zero-order valence-corrected chi connectivity index (χ0v) is 10.4. The summed E-state index contributed by atoms with van der Waals surface area (Å²) in [5, 5.41) is 6.10. The highest BCUT2D eigenvalue weighted by atomic mass is 32.2. The van der Waals surface area contributed by atoms with Crippen molar-refractivity contribution in [3.8, 4) is 0 Å². The van der Waals surface area contributed by atoms with Crippen LogP contribution in [-0.2, 0) is 4.79 Å². The molecule has 0 heterocycles. The molecule has 0 radical (unpaired) electrons. The third-order valence-corrected chi connectivity index (χ3v) is 3.40. The van der Waals surface area contributed by atoms with Crippen molar-refractivity contribution < 1.29 is 4.79 Å². The van der Waals surface area contributed by atoms with Crippen molar-refractivity contribution >= 4 is 17.7 Å². The fraction of sp³-hybridized carbons (Fsp3) is 0.909. The second-order valence-electron chi connectivity index (χ2n) is 3.97. The topological polar surface area (TPSA) is 41.1 Å². The maximum absolute atomic E-state index is 11.3. The van der Waals surface area contributed by atoms with Gasteiger partial charge in [-0.05, 0) is 43.2 Å². The number of hydrogen-bond donors (Lipinski definition) is 2. The third kappa shape index (κ3) is 7.68. The van der Waals surface area contributed by atoms with Crippen molar-refractivity contribution in [1.29, 1.82) is 0 Å². The van der Waals surface area contributed by atoms with Gasteiger partial charge in [-0.2, -0.15) is 11.8 Å². The molecule has 1 aliphatic carbocycles. The number of hydrogen-bond acceptors (Lipinski definition) is 3. The molecule has 0 aromatic rings. The molecule has 0 unspecified atom stereocenters. The number of carbonyl (C=O) groups excluding carboxylic acids is 1. The Morgan fingerprint density at radius 2 is 2.27 bits per heavy atom. The zero-order chi connectivity index (χ0) is 10.9. The van der Waals surface area contributed by atoms with E-state index in [1.165, 1.54) is 24.3 Å². The monoisotopic (exact) mass is 230 g/mol. The van der Waals surface area contributed by atoms with Gasteiger partial charge in [0.15, 0.2) is 0 Å². The molecule has 1 rings (SSSR count). The first-order valence-corrected chi connectivity index (χ1v) is 7.03. The standard InChI is InChI=1S/C11H22N2OS/c1-2-15-7-3-6-12-9-11(14)13-8-10-4-5-10/h10,12H,2-9H2,1H3,(H,13,14). The normalized spacial score (nSPS) is 15.3. The number of carbonyl (C=O) groups is 1. The van der Waals surface area contributed by atoms with Crippen molar-refractivity contribution in [1.82, 2.24) is 10.6 Å². The molecular formula is C11H22N2OS. The van der Waals surface area contributed by atoms with Crippen LogP contribution in [0, 0.1) is 5.92 Å². The zero-order valence-electron chi connectivity index (χ0n) is 9.55. The van der Waals surface area contributed by atoms with E-state index in [0.29, 0.717) is 6.54 Å². The molecule has 4 heteroatoms. The van der Waals surface area contributed by atoms with Crippen LogP contribution in [0.4, 0.5) is 0 Å². The van der Waals surface area contributed by atoms with Gasteiger partial charge >= 0.3 is 0 Å². The molecule has 3 nitrogen and oxygen atoms in total. The number of nitrogens with one attached hydrogen (secondary N) is 2. The van der Waals surface area contributed by atoms with Gasteiger partial charge in [0.25, 0.3) is 0 Å². The van der Waals surface area contributed by atoms with E-state index in [0.717, 1.165) is 25.4 Å². The molecule has 1 fully saturated rings. The van der Waals surface area contributed by atoms with Gasteiger partial charge in [0.2, 0.25) is 5.91 Å². The highest BCUT2D eigenvalue weighted by Crippen LogP contribution is 2.27. The van der Waals surface area contributed by atoms with Crippen LogP contribution in [0.3, 0.4) is 0 Å². The van der Waals surface area contributed by atoms with Crippen LogP contribution in [0.5, 0.6) is 0 Å².